The summed E-state index contributed by atoms with van der Waals surface area (Å²) >= 11 is 1.63. The van der Waals surface area contributed by atoms with E-state index in [1.165, 1.54) is 6.26 Å². The lowest BCUT2D eigenvalue weighted by Crippen LogP contribution is -2.44. The Morgan fingerprint density at radius 3 is 2.44 bits per heavy atom. The van der Waals surface area contributed by atoms with Crippen molar-refractivity contribution in [2.75, 3.05) is 23.5 Å². The highest BCUT2D eigenvalue weighted by Crippen LogP contribution is 2.15. The maximum absolute atomic E-state index is 10.9. The highest BCUT2D eigenvalue weighted by molar-refractivity contribution is 8.00. The fraction of sp³-hybridized carbons (Fsp3) is 0.917. The van der Waals surface area contributed by atoms with E-state index in [2.05, 4.69) is 11.4 Å². The van der Waals surface area contributed by atoms with Gasteiger partial charge in [-0.05, 0) is 39.4 Å². The van der Waals surface area contributed by atoms with Crippen molar-refractivity contribution < 1.29 is 8.42 Å². The standard InChI is InChI=1S/C12H24N2O2S2/c1-11(2)14-12(3,10-13)6-5-7-17-8-9-18(4,15)16/h11,14H,5-9H2,1-4H3. The zero-order valence-electron chi connectivity index (χ0n) is 11.7. The first-order chi connectivity index (χ1) is 8.18. The molecule has 1 atom stereocenters. The summed E-state index contributed by atoms with van der Waals surface area (Å²) in [5.74, 6) is 1.77. The van der Waals surface area contributed by atoms with Crippen LogP contribution < -0.4 is 5.32 Å². The van der Waals surface area contributed by atoms with Crippen LogP contribution in [0.3, 0.4) is 0 Å². The van der Waals surface area contributed by atoms with Crippen molar-refractivity contribution in [1.29, 1.82) is 5.26 Å². The van der Waals surface area contributed by atoms with Gasteiger partial charge in [-0.2, -0.15) is 17.0 Å². The molecule has 0 bridgehead atoms. The van der Waals surface area contributed by atoms with E-state index < -0.39 is 15.4 Å². The van der Waals surface area contributed by atoms with Crippen molar-refractivity contribution in [1.82, 2.24) is 5.32 Å². The second-order valence-electron chi connectivity index (χ2n) is 5.09. The molecule has 0 aromatic carbocycles. The summed E-state index contributed by atoms with van der Waals surface area (Å²) in [5, 5.41) is 12.4. The van der Waals surface area contributed by atoms with E-state index in [1.807, 2.05) is 20.8 Å². The molecule has 0 spiro atoms. The summed E-state index contributed by atoms with van der Waals surface area (Å²) in [6, 6.07) is 2.59. The quantitative estimate of drug-likeness (QED) is 0.657. The third-order valence-electron chi connectivity index (χ3n) is 2.42. The first kappa shape index (κ1) is 17.8. The average Bonchev–Trinajstić information content (AvgIpc) is 2.20. The minimum atomic E-state index is -2.85. The maximum atomic E-state index is 10.9. The van der Waals surface area contributed by atoms with Crippen molar-refractivity contribution in [3.63, 3.8) is 0 Å². The molecule has 0 radical (unpaired) electrons. The van der Waals surface area contributed by atoms with Gasteiger partial charge in [-0.3, -0.25) is 5.32 Å². The Labute approximate surface area is 115 Å². The number of nitrogens with zero attached hydrogens (tertiary/aromatic N) is 1. The molecule has 0 heterocycles. The van der Waals surface area contributed by atoms with Crippen LogP contribution in [0.1, 0.15) is 33.6 Å². The molecule has 0 aromatic rings. The van der Waals surface area contributed by atoms with Crippen LogP contribution >= 0.6 is 11.8 Å². The summed E-state index contributed by atoms with van der Waals surface area (Å²) in [6.45, 7) is 5.96. The van der Waals surface area contributed by atoms with Crippen LogP contribution in [0, 0.1) is 11.3 Å². The summed E-state index contributed by atoms with van der Waals surface area (Å²) < 4.78 is 21.8. The second kappa shape index (κ2) is 8.03. The van der Waals surface area contributed by atoms with Gasteiger partial charge in [-0.25, -0.2) is 8.42 Å². The predicted molar refractivity (Wildman–Crippen MR) is 78.6 cm³/mol. The minimum absolute atomic E-state index is 0.234. The molecule has 18 heavy (non-hydrogen) atoms. The normalized spacial score (nSPS) is 15.3. The molecule has 0 saturated carbocycles. The van der Waals surface area contributed by atoms with E-state index in [4.69, 9.17) is 5.26 Å². The highest BCUT2D eigenvalue weighted by atomic mass is 32.2. The number of sulfone groups is 1. The molecule has 0 fully saturated rings. The summed E-state index contributed by atoms with van der Waals surface area (Å²) in [4.78, 5) is 0. The molecular formula is C12H24N2O2S2. The smallest absolute Gasteiger partial charge is 0.148 e. The van der Waals surface area contributed by atoms with Crippen LogP contribution in [-0.4, -0.2) is 43.5 Å². The van der Waals surface area contributed by atoms with Gasteiger partial charge in [0.25, 0.3) is 0 Å². The van der Waals surface area contributed by atoms with Gasteiger partial charge in [0.2, 0.25) is 0 Å². The van der Waals surface area contributed by atoms with Gasteiger partial charge < -0.3 is 0 Å². The van der Waals surface area contributed by atoms with Gasteiger partial charge in [0.15, 0.2) is 0 Å². The first-order valence-electron chi connectivity index (χ1n) is 6.13. The molecule has 6 heteroatoms. The van der Waals surface area contributed by atoms with E-state index in [0.717, 1.165) is 18.6 Å². The van der Waals surface area contributed by atoms with E-state index in [-0.39, 0.29) is 11.8 Å². The molecule has 0 rings (SSSR count). The van der Waals surface area contributed by atoms with Crippen molar-refractivity contribution in [2.24, 2.45) is 0 Å². The number of rotatable bonds is 9. The molecule has 0 aliphatic rings. The van der Waals surface area contributed by atoms with Gasteiger partial charge >= 0.3 is 0 Å². The van der Waals surface area contributed by atoms with Crippen LogP contribution in [0.25, 0.3) is 0 Å². The lowest BCUT2D eigenvalue weighted by Gasteiger charge is -2.25. The molecule has 0 aliphatic carbocycles. The highest BCUT2D eigenvalue weighted by Gasteiger charge is 2.23. The van der Waals surface area contributed by atoms with Crippen molar-refractivity contribution in [3.05, 3.63) is 0 Å². The van der Waals surface area contributed by atoms with Crippen LogP contribution in [0.2, 0.25) is 0 Å². The van der Waals surface area contributed by atoms with Gasteiger partial charge in [0.1, 0.15) is 15.4 Å². The van der Waals surface area contributed by atoms with Crippen LogP contribution in [-0.2, 0) is 9.84 Å². The monoisotopic (exact) mass is 292 g/mol. The maximum Gasteiger partial charge on any atom is 0.148 e. The fourth-order valence-electron chi connectivity index (χ4n) is 1.64. The van der Waals surface area contributed by atoms with Gasteiger partial charge in [-0.15, -0.1) is 0 Å². The Bertz CT molecular complexity index is 374. The Kier molecular flexibility index (Phi) is 7.92. The first-order valence-corrected chi connectivity index (χ1v) is 9.34. The van der Waals surface area contributed by atoms with Crippen molar-refractivity contribution in [2.45, 2.75) is 45.2 Å². The number of nitrogens with one attached hydrogen (secondary N) is 1. The predicted octanol–water partition coefficient (Wildman–Crippen LogP) is 1.82. The fourth-order valence-corrected chi connectivity index (χ4v) is 3.87. The van der Waals surface area contributed by atoms with Gasteiger partial charge in [0, 0.05) is 18.1 Å². The van der Waals surface area contributed by atoms with E-state index in [0.29, 0.717) is 5.75 Å². The van der Waals surface area contributed by atoms with Crippen LogP contribution in [0.15, 0.2) is 0 Å². The van der Waals surface area contributed by atoms with Crippen molar-refractivity contribution >= 4 is 21.6 Å². The summed E-state index contributed by atoms with van der Waals surface area (Å²) in [6.07, 6.45) is 2.96. The number of thioether (sulfide) groups is 1. The zero-order chi connectivity index (χ0) is 14.2. The van der Waals surface area contributed by atoms with Crippen molar-refractivity contribution in [3.8, 4) is 6.07 Å². The Hall–Kier alpha value is -0.250. The molecule has 4 nitrogen and oxygen atoms in total. The lowest BCUT2D eigenvalue weighted by atomic mass is 9.97. The van der Waals surface area contributed by atoms with Gasteiger partial charge in [0.05, 0.1) is 11.8 Å². The van der Waals surface area contributed by atoms with E-state index in [9.17, 15) is 8.42 Å². The number of hydrogen-bond acceptors (Lipinski definition) is 5. The third-order valence-corrected chi connectivity index (χ3v) is 4.69. The topological polar surface area (TPSA) is 70.0 Å². The molecule has 1 N–H and O–H groups in total. The Morgan fingerprint density at radius 1 is 1.39 bits per heavy atom. The Balaban J connectivity index is 3.80. The summed E-state index contributed by atoms with van der Waals surface area (Å²) in [5.41, 5.74) is -0.481. The Morgan fingerprint density at radius 2 is 2.00 bits per heavy atom. The number of nitriles is 1. The van der Waals surface area contributed by atoms with Crippen LogP contribution in [0.5, 0.6) is 0 Å². The van der Waals surface area contributed by atoms with E-state index >= 15 is 0 Å². The van der Waals surface area contributed by atoms with E-state index in [1.54, 1.807) is 11.8 Å². The lowest BCUT2D eigenvalue weighted by molar-refractivity contribution is 0.380. The SMILES string of the molecule is CC(C)NC(C)(C#N)CCCSCCS(C)(=O)=O. The number of hydrogen-bond donors (Lipinski definition) is 1. The van der Waals surface area contributed by atoms with Gasteiger partial charge in [-0.1, -0.05) is 0 Å². The third kappa shape index (κ3) is 9.75. The molecule has 0 saturated heterocycles. The minimum Gasteiger partial charge on any atom is -0.297 e. The second-order valence-corrected chi connectivity index (χ2v) is 8.57. The molecule has 1 unspecified atom stereocenters. The molecule has 0 aromatic heterocycles. The average molecular weight is 292 g/mol. The summed E-state index contributed by atoms with van der Waals surface area (Å²) in [7, 11) is -2.85. The molecule has 0 amide bonds. The molecule has 106 valence electrons. The largest absolute Gasteiger partial charge is 0.297 e. The van der Waals surface area contributed by atoms with Crippen LogP contribution in [0.4, 0.5) is 0 Å². The zero-order valence-corrected chi connectivity index (χ0v) is 13.3. The molecule has 0 aliphatic heterocycles. The molecular weight excluding hydrogens is 268 g/mol.